The van der Waals surface area contributed by atoms with Crippen molar-refractivity contribution >= 4 is 17.6 Å². The molecule has 0 spiro atoms. The molecule has 22 heavy (non-hydrogen) atoms. The van der Waals surface area contributed by atoms with Crippen LogP contribution in [0.3, 0.4) is 0 Å². The van der Waals surface area contributed by atoms with E-state index in [0.29, 0.717) is 25.7 Å². The number of hydrogen-bond acceptors (Lipinski definition) is 4. The van der Waals surface area contributed by atoms with E-state index in [4.69, 9.17) is 5.11 Å². The van der Waals surface area contributed by atoms with Crippen LogP contribution in [0.4, 0.5) is 10.1 Å². The highest BCUT2D eigenvalue weighted by molar-refractivity contribution is 5.98. The van der Waals surface area contributed by atoms with Crippen molar-refractivity contribution in [3.05, 3.63) is 39.7 Å². The number of carbonyl (C=O) groups excluding carboxylic acids is 1. The van der Waals surface area contributed by atoms with Gasteiger partial charge in [0.1, 0.15) is 11.4 Å². The fourth-order valence-electron chi connectivity index (χ4n) is 2.60. The van der Waals surface area contributed by atoms with Crippen molar-refractivity contribution in [3.8, 4) is 0 Å². The second kappa shape index (κ2) is 6.50. The van der Waals surface area contributed by atoms with Crippen molar-refractivity contribution < 1.29 is 24.0 Å². The molecule has 1 aromatic carbocycles. The molecule has 1 aliphatic rings. The van der Waals surface area contributed by atoms with Gasteiger partial charge in [-0.2, -0.15) is 0 Å². The highest BCUT2D eigenvalue weighted by atomic mass is 19.1. The number of benzene rings is 1. The number of rotatable bonds is 4. The Morgan fingerprint density at radius 1 is 1.27 bits per heavy atom. The monoisotopic (exact) mass is 310 g/mol. The number of aliphatic carboxylic acids is 1. The van der Waals surface area contributed by atoms with E-state index in [9.17, 15) is 24.1 Å². The molecule has 0 radical (unpaired) electrons. The van der Waals surface area contributed by atoms with Crippen LogP contribution in [0.2, 0.25) is 0 Å². The second-order valence-corrected chi connectivity index (χ2v) is 5.28. The van der Waals surface area contributed by atoms with Gasteiger partial charge in [-0.25, -0.2) is 4.39 Å². The Balaban J connectivity index is 2.06. The summed E-state index contributed by atoms with van der Waals surface area (Å²) in [5, 5.41) is 22.4. The number of nitrogens with one attached hydrogen (secondary N) is 1. The average Bonchev–Trinajstić information content (AvgIpc) is 2.47. The predicted octanol–water partition coefficient (Wildman–Crippen LogP) is 2.11. The van der Waals surface area contributed by atoms with Gasteiger partial charge in [-0.05, 0) is 37.8 Å². The average molecular weight is 310 g/mol. The summed E-state index contributed by atoms with van der Waals surface area (Å²) >= 11 is 0. The summed E-state index contributed by atoms with van der Waals surface area (Å²) in [6, 6.07) is 2.44. The van der Waals surface area contributed by atoms with E-state index in [-0.39, 0.29) is 11.6 Å². The molecule has 8 heteroatoms. The van der Waals surface area contributed by atoms with Gasteiger partial charge in [0.25, 0.3) is 11.6 Å². The molecule has 0 unspecified atom stereocenters. The number of carbonyl (C=O) groups is 2. The molecular weight excluding hydrogens is 295 g/mol. The van der Waals surface area contributed by atoms with Crippen LogP contribution in [0, 0.1) is 21.8 Å². The zero-order valence-electron chi connectivity index (χ0n) is 11.6. The maximum Gasteiger partial charge on any atom is 0.306 e. The van der Waals surface area contributed by atoms with Gasteiger partial charge in [0.15, 0.2) is 0 Å². The molecule has 1 aliphatic carbocycles. The number of nitrogens with zero attached hydrogens (tertiary/aromatic N) is 1. The number of hydrogen-bond donors (Lipinski definition) is 2. The van der Waals surface area contributed by atoms with Crippen LogP contribution in [0.15, 0.2) is 18.2 Å². The molecule has 1 saturated carbocycles. The summed E-state index contributed by atoms with van der Waals surface area (Å²) in [4.78, 5) is 33.1. The van der Waals surface area contributed by atoms with Gasteiger partial charge in [0, 0.05) is 12.1 Å². The van der Waals surface area contributed by atoms with Crippen LogP contribution in [-0.4, -0.2) is 27.9 Å². The lowest BCUT2D eigenvalue weighted by atomic mass is 9.86. The molecule has 2 N–H and O–H groups in total. The van der Waals surface area contributed by atoms with Crippen LogP contribution in [0.1, 0.15) is 36.0 Å². The summed E-state index contributed by atoms with van der Waals surface area (Å²) in [7, 11) is 0. The van der Waals surface area contributed by atoms with Gasteiger partial charge in [0.2, 0.25) is 0 Å². The number of halogens is 1. The Kier molecular flexibility index (Phi) is 4.69. The Morgan fingerprint density at radius 3 is 2.45 bits per heavy atom. The van der Waals surface area contributed by atoms with Gasteiger partial charge < -0.3 is 10.4 Å². The third-order valence-electron chi connectivity index (χ3n) is 3.81. The molecule has 118 valence electrons. The lowest BCUT2D eigenvalue weighted by Gasteiger charge is -2.26. The highest BCUT2D eigenvalue weighted by Gasteiger charge is 2.28. The van der Waals surface area contributed by atoms with E-state index < -0.39 is 34.2 Å². The van der Waals surface area contributed by atoms with Crippen molar-refractivity contribution in [2.75, 3.05) is 0 Å². The maximum absolute atomic E-state index is 13.2. The van der Waals surface area contributed by atoms with E-state index in [0.717, 1.165) is 18.2 Å². The van der Waals surface area contributed by atoms with Crippen LogP contribution in [0.25, 0.3) is 0 Å². The lowest BCUT2D eigenvalue weighted by Crippen LogP contribution is -2.39. The van der Waals surface area contributed by atoms with E-state index in [1.165, 1.54) is 0 Å². The van der Waals surface area contributed by atoms with Crippen LogP contribution >= 0.6 is 0 Å². The molecule has 0 bridgehead atoms. The molecule has 1 fully saturated rings. The summed E-state index contributed by atoms with van der Waals surface area (Å²) in [6.45, 7) is 0. The zero-order chi connectivity index (χ0) is 16.3. The van der Waals surface area contributed by atoms with E-state index in [1.54, 1.807) is 0 Å². The third kappa shape index (κ3) is 3.57. The Morgan fingerprint density at radius 2 is 1.91 bits per heavy atom. The molecule has 0 atom stereocenters. The highest BCUT2D eigenvalue weighted by Crippen LogP contribution is 2.25. The van der Waals surface area contributed by atoms with E-state index in [2.05, 4.69) is 5.32 Å². The fraction of sp³-hybridized carbons (Fsp3) is 0.429. The number of nitro benzene ring substituents is 1. The lowest BCUT2D eigenvalue weighted by molar-refractivity contribution is -0.385. The Bertz CT molecular complexity index is 611. The summed E-state index contributed by atoms with van der Waals surface area (Å²) in [5.74, 6) is -2.72. The number of amides is 1. The van der Waals surface area contributed by atoms with Crippen LogP contribution < -0.4 is 5.32 Å². The quantitative estimate of drug-likeness (QED) is 0.653. The Labute approximate surface area is 125 Å². The molecule has 0 aliphatic heterocycles. The van der Waals surface area contributed by atoms with E-state index >= 15 is 0 Å². The van der Waals surface area contributed by atoms with Crippen molar-refractivity contribution in [3.63, 3.8) is 0 Å². The van der Waals surface area contributed by atoms with Crippen molar-refractivity contribution in [1.82, 2.24) is 5.32 Å². The molecule has 2 rings (SSSR count). The molecular formula is C14H15FN2O5. The Hall–Kier alpha value is -2.51. The molecule has 7 nitrogen and oxygen atoms in total. The molecule has 0 heterocycles. The van der Waals surface area contributed by atoms with Gasteiger partial charge >= 0.3 is 5.97 Å². The molecule has 1 aromatic rings. The minimum absolute atomic E-state index is 0.258. The largest absolute Gasteiger partial charge is 0.481 e. The molecule has 0 saturated heterocycles. The standard InChI is InChI=1S/C14H15FN2O5/c15-9-3-6-12(17(21)22)11(7-9)13(18)16-10-4-1-8(2-5-10)14(19)20/h3,6-8,10H,1-2,4-5H2,(H,16,18)(H,19,20). The summed E-state index contributed by atoms with van der Waals surface area (Å²) in [5.41, 5.74) is -0.788. The molecule has 0 aromatic heterocycles. The van der Waals surface area contributed by atoms with Crippen LogP contribution in [0.5, 0.6) is 0 Å². The fourth-order valence-corrected chi connectivity index (χ4v) is 2.60. The SMILES string of the molecule is O=C(NC1CCC(C(=O)O)CC1)c1cc(F)ccc1[N+](=O)[O-]. The first kappa shape index (κ1) is 15.9. The van der Waals surface area contributed by atoms with Crippen LogP contribution in [-0.2, 0) is 4.79 Å². The van der Waals surface area contributed by atoms with Gasteiger partial charge in [0.05, 0.1) is 10.8 Å². The van der Waals surface area contributed by atoms with Gasteiger partial charge in [-0.1, -0.05) is 0 Å². The van der Waals surface area contributed by atoms with E-state index in [1.807, 2.05) is 0 Å². The number of carboxylic acid groups (broad SMARTS) is 1. The smallest absolute Gasteiger partial charge is 0.306 e. The van der Waals surface area contributed by atoms with Crippen molar-refractivity contribution in [1.29, 1.82) is 0 Å². The normalized spacial score (nSPS) is 21.1. The second-order valence-electron chi connectivity index (χ2n) is 5.28. The van der Waals surface area contributed by atoms with Crippen molar-refractivity contribution in [2.24, 2.45) is 5.92 Å². The first-order chi connectivity index (χ1) is 10.4. The maximum atomic E-state index is 13.2. The van der Waals surface area contributed by atoms with Crippen molar-refractivity contribution in [2.45, 2.75) is 31.7 Å². The number of nitro groups is 1. The third-order valence-corrected chi connectivity index (χ3v) is 3.81. The zero-order valence-corrected chi connectivity index (χ0v) is 11.6. The minimum Gasteiger partial charge on any atom is -0.481 e. The predicted molar refractivity (Wildman–Crippen MR) is 73.9 cm³/mol. The topological polar surface area (TPSA) is 110 Å². The van der Waals surface area contributed by atoms with Gasteiger partial charge in [-0.15, -0.1) is 0 Å². The first-order valence-electron chi connectivity index (χ1n) is 6.86. The summed E-state index contributed by atoms with van der Waals surface area (Å²) < 4.78 is 13.2. The summed E-state index contributed by atoms with van der Waals surface area (Å²) in [6.07, 6.45) is 1.83. The minimum atomic E-state index is -0.856. The number of carboxylic acids is 1. The molecule has 1 amide bonds. The van der Waals surface area contributed by atoms with Gasteiger partial charge in [-0.3, -0.25) is 19.7 Å². The first-order valence-corrected chi connectivity index (χ1v) is 6.86.